The molecule has 1 amide bonds. The fourth-order valence-electron chi connectivity index (χ4n) is 2.71. The number of ether oxygens (including phenoxy) is 1. The van der Waals surface area contributed by atoms with Crippen molar-refractivity contribution in [3.63, 3.8) is 0 Å². The molecule has 0 heterocycles. The summed E-state index contributed by atoms with van der Waals surface area (Å²) in [4.78, 5) is 11.8. The molecule has 1 aliphatic rings. The van der Waals surface area contributed by atoms with Crippen LogP contribution >= 0.6 is 0 Å². The van der Waals surface area contributed by atoms with Crippen LogP contribution in [0.2, 0.25) is 0 Å². The van der Waals surface area contributed by atoms with Crippen LogP contribution in [0.5, 0.6) is 5.75 Å². The Labute approximate surface area is 127 Å². The lowest BCUT2D eigenvalue weighted by atomic mass is 9.95. The van der Waals surface area contributed by atoms with Gasteiger partial charge >= 0.3 is 0 Å². The minimum Gasteiger partial charge on any atom is -0.484 e. The van der Waals surface area contributed by atoms with E-state index in [0.717, 1.165) is 24.8 Å². The Morgan fingerprint density at radius 2 is 1.95 bits per heavy atom. The molecule has 0 unspecified atom stereocenters. The first-order chi connectivity index (χ1) is 10.2. The molecule has 0 radical (unpaired) electrons. The molecule has 21 heavy (non-hydrogen) atoms. The minimum absolute atomic E-state index is 0.0313. The Morgan fingerprint density at radius 3 is 2.57 bits per heavy atom. The lowest BCUT2D eigenvalue weighted by Gasteiger charge is -2.22. The van der Waals surface area contributed by atoms with Gasteiger partial charge in [-0.1, -0.05) is 38.3 Å². The Kier molecular flexibility index (Phi) is 6.05. The van der Waals surface area contributed by atoms with E-state index in [9.17, 15) is 4.79 Å². The SMILES string of the molecule is CC[C@@H](N)c1ccc(OCC(=O)NC2CCCCC2)cc1. The molecule has 0 bridgehead atoms. The van der Waals surface area contributed by atoms with Crippen LogP contribution in [-0.2, 0) is 4.79 Å². The van der Waals surface area contributed by atoms with E-state index < -0.39 is 0 Å². The second-order valence-electron chi connectivity index (χ2n) is 5.77. The van der Waals surface area contributed by atoms with E-state index in [1.165, 1.54) is 19.3 Å². The Balaban J connectivity index is 1.75. The quantitative estimate of drug-likeness (QED) is 0.846. The number of carbonyl (C=O) groups is 1. The van der Waals surface area contributed by atoms with Crippen molar-refractivity contribution in [1.82, 2.24) is 5.32 Å². The van der Waals surface area contributed by atoms with Gasteiger partial charge in [-0.15, -0.1) is 0 Å². The topological polar surface area (TPSA) is 64.3 Å². The van der Waals surface area contributed by atoms with Gasteiger partial charge in [0.25, 0.3) is 5.91 Å². The van der Waals surface area contributed by atoms with E-state index >= 15 is 0 Å². The van der Waals surface area contributed by atoms with Crippen LogP contribution in [0.15, 0.2) is 24.3 Å². The molecule has 116 valence electrons. The molecule has 1 saturated carbocycles. The summed E-state index contributed by atoms with van der Waals surface area (Å²) in [7, 11) is 0. The summed E-state index contributed by atoms with van der Waals surface area (Å²) < 4.78 is 5.52. The third kappa shape index (κ3) is 5.05. The second-order valence-corrected chi connectivity index (χ2v) is 5.77. The standard InChI is InChI=1S/C17H26N2O2/c1-2-16(18)13-8-10-15(11-9-13)21-12-17(20)19-14-6-4-3-5-7-14/h8-11,14,16H,2-7,12,18H2,1H3,(H,19,20)/t16-/m1/s1. The van der Waals surface area contributed by atoms with Crippen molar-refractivity contribution in [2.24, 2.45) is 5.73 Å². The van der Waals surface area contributed by atoms with E-state index in [-0.39, 0.29) is 18.6 Å². The third-order valence-corrected chi connectivity index (χ3v) is 4.09. The van der Waals surface area contributed by atoms with E-state index in [4.69, 9.17) is 10.5 Å². The zero-order chi connectivity index (χ0) is 15.1. The maximum absolute atomic E-state index is 11.8. The normalized spacial score (nSPS) is 17.2. The van der Waals surface area contributed by atoms with Gasteiger partial charge in [-0.3, -0.25) is 4.79 Å². The highest BCUT2D eigenvalue weighted by atomic mass is 16.5. The average Bonchev–Trinajstić information content (AvgIpc) is 2.53. The van der Waals surface area contributed by atoms with E-state index in [2.05, 4.69) is 12.2 Å². The van der Waals surface area contributed by atoms with E-state index in [1.807, 2.05) is 24.3 Å². The van der Waals surface area contributed by atoms with Gasteiger partial charge < -0.3 is 15.8 Å². The number of nitrogens with two attached hydrogens (primary N) is 1. The van der Waals surface area contributed by atoms with Gasteiger partial charge in [0, 0.05) is 12.1 Å². The van der Waals surface area contributed by atoms with Gasteiger partial charge in [0.2, 0.25) is 0 Å². The molecule has 1 aliphatic carbocycles. The van der Waals surface area contributed by atoms with Crippen LogP contribution in [-0.4, -0.2) is 18.6 Å². The predicted molar refractivity (Wildman–Crippen MR) is 84.2 cm³/mol. The van der Waals surface area contributed by atoms with Gasteiger partial charge in [0.15, 0.2) is 6.61 Å². The summed E-state index contributed by atoms with van der Waals surface area (Å²) in [6, 6.07) is 8.07. The van der Waals surface area contributed by atoms with Gasteiger partial charge in [-0.05, 0) is 37.0 Å². The Hall–Kier alpha value is -1.55. The fourth-order valence-corrected chi connectivity index (χ4v) is 2.71. The number of hydrogen-bond acceptors (Lipinski definition) is 3. The molecule has 4 nitrogen and oxygen atoms in total. The molecule has 0 aliphatic heterocycles. The van der Waals surface area contributed by atoms with Crippen LogP contribution in [0.3, 0.4) is 0 Å². The lowest BCUT2D eigenvalue weighted by molar-refractivity contribution is -0.124. The molecule has 0 saturated heterocycles. The highest BCUT2D eigenvalue weighted by Gasteiger charge is 2.15. The molecule has 4 heteroatoms. The van der Waals surface area contributed by atoms with Crippen LogP contribution in [0, 0.1) is 0 Å². The van der Waals surface area contributed by atoms with Crippen LogP contribution in [0.1, 0.15) is 57.1 Å². The van der Waals surface area contributed by atoms with Gasteiger partial charge in [0.1, 0.15) is 5.75 Å². The lowest BCUT2D eigenvalue weighted by Crippen LogP contribution is -2.38. The minimum atomic E-state index is -0.0313. The number of carbonyl (C=O) groups excluding carboxylic acids is 1. The molecule has 1 aromatic rings. The number of rotatable bonds is 6. The zero-order valence-corrected chi connectivity index (χ0v) is 12.8. The summed E-state index contributed by atoms with van der Waals surface area (Å²) in [5, 5.41) is 3.04. The van der Waals surface area contributed by atoms with Crippen molar-refractivity contribution < 1.29 is 9.53 Å². The first-order valence-electron chi connectivity index (χ1n) is 7.96. The van der Waals surface area contributed by atoms with Gasteiger partial charge in [-0.25, -0.2) is 0 Å². The van der Waals surface area contributed by atoms with Crippen LogP contribution < -0.4 is 15.8 Å². The maximum Gasteiger partial charge on any atom is 0.258 e. The first kappa shape index (κ1) is 15.8. The molecular formula is C17H26N2O2. The molecule has 1 atom stereocenters. The van der Waals surface area contributed by atoms with Crippen LogP contribution in [0.4, 0.5) is 0 Å². The van der Waals surface area contributed by atoms with Crippen molar-refractivity contribution in [3.05, 3.63) is 29.8 Å². The Bertz CT molecular complexity index is 439. The predicted octanol–water partition coefficient (Wildman–Crippen LogP) is 2.92. The summed E-state index contributed by atoms with van der Waals surface area (Å²) in [5.41, 5.74) is 7.06. The van der Waals surface area contributed by atoms with Crippen molar-refractivity contribution in [2.45, 2.75) is 57.5 Å². The number of amides is 1. The molecule has 1 fully saturated rings. The van der Waals surface area contributed by atoms with Crippen molar-refractivity contribution >= 4 is 5.91 Å². The van der Waals surface area contributed by atoms with Crippen LogP contribution in [0.25, 0.3) is 0 Å². The molecule has 1 aromatic carbocycles. The van der Waals surface area contributed by atoms with E-state index in [1.54, 1.807) is 0 Å². The van der Waals surface area contributed by atoms with E-state index in [0.29, 0.717) is 11.8 Å². The monoisotopic (exact) mass is 290 g/mol. The molecule has 0 aromatic heterocycles. The summed E-state index contributed by atoms with van der Waals surface area (Å²) >= 11 is 0. The maximum atomic E-state index is 11.8. The number of benzene rings is 1. The fraction of sp³-hybridized carbons (Fsp3) is 0.588. The molecule has 3 N–H and O–H groups in total. The summed E-state index contributed by atoms with van der Waals surface area (Å²) in [6.45, 7) is 2.14. The molecule has 2 rings (SSSR count). The zero-order valence-electron chi connectivity index (χ0n) is 12.8. The average molecular weight is 290 g/mol. The number of hydrogen-bond donors (Lipinski definition) is 2. The molecular weight excluding hydrogens is 264 g/mol. The molecule has 0 spiro atoms. The number of nitrogens with one attached hydrogen (secondary N) is 1. The largest absolute Gasteiger partial charge is 0.484 e. The third-order valence-electron chi connectivity index (χ3n) is 4.09. The summed E-state index contributed by atoms with van der Waals surface area (Å²) in [5.74, 6) is 0.678. The second kappa shape index (κ2) is 8.03. The van der Waals surface area contributed by atoms with Crippen molar-refractivity contribution in [3.8, 4) is 5.75 Å². The summed E-state index contributed by atoms with van der Waals surface area (Å²) in [6.07, 6.45) is 6.81. The van der Waals surface area contributed by atoms with Gasteiger partial charge in [-0.2, -0.15) is 0 Å². The smallest absolute Gasteiger partial charge is 0.258 e. The highest BCUT2D eigenvalue weighted by Crippen LogP contribution is 2.19. The Morgan fingerprint density at radius 1 is 1.29 bits per heavy atom. The first-order valence-corrected chi connectivity index (χ1v) is 7.96. The highest BCUT2D eigenvalue weighted by molar-refractivity contribution is 5.77. The van der Waals surface area contributed by atoms with Crippen molar-refractivity contribution in [2.75, 3.05) is 6.61 Å². The van der Waals surface area contributed by atoms with Gasteiger partial charge in [0.05, 0.1) is 0 Å². The van der Waals surface area contributed by atoms with Crippen molar-refractivity contribution in [1.29, 1.82) is 0 Å².